The number of nitrogens with one attached hydrogen (secondary N) is 1. The number of amides is 2. The second-order valence-corrected chi connectivity index (χ2v) is 11.4. The SMILES string of the molecule is CCCCCNC(=O)C1CCN(C(=O)c2cccc(S(=O)(=O)N(C)C3CCCCC3)c2)CC1. The number of benzene rings is 1. The summed E-state index contributed by atoms with van der Waals surface area (Å²) in [6.45, 7) is 3.85. The van der Waals surface area contributed by atoms with Gasteiger partial charge in [-0.1, -0.05) is 45.1 Å². The highest BCUT2D eigenvalue weighted by molar-refractivity contribution is 7.89. The number of likely N-dealkylation sites (tertiary alicyclic amines) is 1. The summed E-state index contributed by atoms with van der Waals surface area (Å²) >= 11 is 0. The van der Waals surface area contributed by atoms with Gasteiger partial charge in [0.05, 0.1) is 4.90 Å². The zero-order valence-electron chi connectivity index (χ0n) is 20.1. The van der Waals surface area contributed by atoms with E-state index in [4.69, 9.17) is 0 Å². The quantitative estimate of drug-likeness (QED) is 0.548. The minimum atomic E-state index is -3.65. The van der Waals surface area contributed by atoms with Crippen LogP contribution in [0, 0.1) is 5.92 Å². The van der Waals surface area contributed by atoms with Crippen LogP contribution in [0.5, 0.6) is 0 Å². The Labute approximate surface area is 199 Å². The average Bonchev–Trinajstić information content (AvgIpc) is 2.86. The minimum absolute atomic E-state index is 0.0234. The van der Waals surface area contributed by atoms with E-state index >= 15 is 0 Å². The molecule has 0 radical (unpaired) electrons. The molecule has 7 nitrogen and oxygen atoms in total. The van der Waals surface area contributed by atoms with Crippen LogP contribution in [0.15, 0.2) is 29.2 Å². The van der Waals surface area contributed by atoms with Crippen molar-refractivity contribution in [1.82, 2.24) is 14.5 Å². The Morgan fingerprint density at radius 3 is 2.42 bits per heavy atom. The van der Waals surface area contributed by atoms with Crippen molar-refractivity contribution in [2.45, 2.75) is 82.1 Å². The molecule has 1 heterocycles. The van der Waals surface area contributed by atoms with Crippen LogP contribution < -0.4 is 5.32 Å². The van der Waals surface area contributed by atoms with E-state index in [-0.39, 0.29) is 28.7 Å². The Morgan fingerprint density at radius 1 is 1.06 bits per heavy atom. The molecule has 2 fully saturated rings. The zero-order chi connectivity index (χ0) is 23.8. The number of hydrogen-bond donors (Lipinski definition) is 1. The number of nitrogens with zero attached hydrogens (tertiary/aromatic N) is 2. The van der Waals surface area contributed by atoms with Crippen LogP contribution in [0.4, 0.5) is 0 Å². The molecule has 2 amide bonds. The van der Waals surface area contributed by atoms with E-state index in [2.05, 4.69) is 12.2 Å². The van der Waals surface area contributed by atoms with E-state index in [1.165, 1.54) is 10.4 Å². The largest absolute Gasteiger partial charge is 0.356 e. The Kier molecular flexibility index (Phi) is 9.32. The van der Waals surface area contributed by atoms with Crippen LogP contribution in [0.25, 0.3) is 0 Å². The van der Waals surface area contributed by atoms with E-state index < -0.39 is 10.0 Å². The Balaban J connectivity index is 1.59. The van der Waals surface area contributed by atoms with E-state index in [0.717, 1.165) is 51.4 Å². The fourth-order valence-electron chi connectivity index (χ4n) is 4.86. The summed E-state index contributed by atoms with van der Waals surface area (Å²) in [7, 11) is -2.00. The van der Waals surface area contributed by atoms with Gasteiger partial charge in [-0.25, -0.2) is 8.42 Å². The Morgan fingerprint density at radius 2 is 1.76 bits per heavy atom. The van der Waals surface area contributed by atoms with E-state index in [0.29, 0.717) is 38.0 Å². The third-order valence-corrected chi connectivity index (χ3v) is 8.99. The lowest BCUT2D eigenvalue weighted by molar-refractivity contribution is -0.126. The predicted octanol–water partition coefficient (Wildman–Crippen LogP) is 3.80. The molecular weight excluding hydrogens is 438 g/mol. The Hall–Kier alpha value is -1.93. The Bertz CT molecular complexity index is 904. The summed E-state index contributed by atoms with van der Waals surface area (Å²) < 4.78 is 27.9. The van der Waals surface area contributed by atoms with Gasteiger partial charge in [-0.3, -0.25) is 9.59 Å². The highest BCUT2D eigenvalue weighted by Gasteiger charge is 2.31. The summed E-state index contributed by atoms with van der Waals surface area (Å²) in [6, 6.07) is 6.42. The normalized spacial score (nSPS) is 18.5. The molecule has 1 aromatic carbocycles. The van der Waals surface area contributed by atoms with Gasteiger partial charge in [-0.05, 0) is 50.3 Å². The molecule has 1 aliphatic heterocycles. The first-order chi connectivity index (χ1) is 15.8. The van der Waals surface area contributed by atoms with Gasteiger partial charge < -0.3 is 10.2 Å². The van der Waals surface area contributed by atoms with Crippen LogP contribution in [0.3, 0.4) is 0 Å². The monoisotopic (exact) mass is 477 g/mol. The van der Waals surface area contributed by atoms with Gasteiger partial charge in [-0.15, -0.1) is 0 Å². The van der Waals surface area contributed by atoms with Gasteiger partial charge in [0.1, 0.15) is 0 Å². The second-order valence-electron chi connectivity index (χ2n) is 9.41. The highest BCUT2D eigenvalue weighted by Crippen LogP contribution is 2.27. The van der Waals surface area contributed by atoms with Crippen molar-refractivity contribution in [2.75, 3.05) is 26.7 Å². The molecule has 1 aliphatic carbocycles. The summed E-state index contributed by atoms with van der Waals surface area (Å²) in [5.74, 6) is -0.155. The van der Waals surface area contributed by atoms with Crippen molar-refractivity contribution in [3.05, 3.63) is 29.8 Å². The third kappa shape index (κ3) is 6.57. The fraction of sp³-hybridized carbons (Fsp3) is 0.680. The number of carbonyl (C=O) groups is 2. The van der Waals surface area contributed by atoms with Crippen LogP contribution in [0.1, 0.15) is 81.5 Å². The molecule has 0 bridgehead atoms. The molecule has 1 saturated carbocycles. The van der Waals surface area contributed by atoms with Crippen molar-refractivity contribution in [3.8, 4) is 0 Å². The van der Waals surface area contributed by atoms with Crippen molar-refractivity contribution in [2.24, 2.45) is 5.92 Å². The number of hydrogen-bond acceptors (Lipinski definition) is 4. The lowest BCUT2D eigenvalue weighted by Gasteiger charge is -2.32. The third-order valence-electron chi connectivity index (χ3n) is 7.08. The van der Waals surface area contributed by atoms with Crippen LogP contribution >= 0.6 is 0 Å². The van der Waals surface area contributed by atoms with Crippen molar-refractivity contribution in [1.29, 1.82) is 0 Å². The molecule has 3 rings (SSSR count). The topological polar surface area (TPSA) is 86.8 Å². The van der Waals surface area contributed by atoms with Gasteiger partial charge in [0.15, 0.2) is 0 Å². The van der Waals surface area contributed by atoms with Gasteiger partial charge in [0.2, 0.25) is 15.9 Å². The van der Waals surface area contributed by atoms with Gasteiger partial charge >= 0.3 is 0 Å². The van der Waals surface area contributed by atoms with Crippen molar-refractivity contribution in [3.63, 3.8) is 0 Å². The molecule has 0 unspecified atom stereocenters. The molecule has 1 aromatic rings. The number of carbonyl (C=O) groups excluding carboxylic acids is 2. The maximum atomic E-state index is 13.2. The first-order valence-electron chi connectivity index (χ1n) is 12.5. The van der Waals surface area contributed by atoms with E-state index in [9.17, 15) is 18.0 Å². The van der Waals surface area contributed by atoms with E-state index in [1.54, 1.807) is 30.1 Å². The molecule has 184 valence electrons. The molecule has 33 heavy (non-hydrogen) atoms. The zero-order valence-corrected chi connectivity index (χ0v) is 20.9. The fourth-order valence-corrected chi connectivity index (χ4v) is 6.32. The number of sulfonamides is 1. The highest BCUT2D eigenvalue weighted by atomic mass is 32.2. The van der Waals surface area contributed by atoms with Crippen molar-refractivity contribution >= 4 is 21.8 Å². The number of piperidine rings is 1. The van der Waals surface area contributed by atoms with Gasteiger partial charge in [-0.2, -0.15) is 4.31 Å². The minimum Gasteiger partial charge on any atom is -0.356 e. The maximum absolute atomic E-state index is 13.2. The predicted molar refractivity (Wildman–Crippen MR) is 129 cm³/mol. The first-order valence-corrected chi connectivity index (χ1v) is 13.9. The molecule has 0 aromatic heterocycles. The van der Waals surface area contributed by atoms with Crippen LogP contribution in [-0.2, 0) is 14.8 Å². The van der Waals surface area contributed by atoms with Gasteiger partial charge in [0, 0.05) is 44.2 Å². The lowest BCUT2D eigenvalue weighted by Crippen LogP contribution is -2.43. The molecular formula is C25H39N3O4S. The van der Waals surface area contributed by atoms with Crippen LogP contribution in [-0.4, -0.2) is 62.2 Å². The molecule has 8 heteroatoms. The molecule has 0 spiro atoms. The summed E-state index contributed by atoms with van der Waals surface area (Å²) in [5, 5.41) is 3.01. The number of rotatable bonds is 9. The summed E-state index contributed by atoms with van der Waals surface area (Å²) in [6.07, 6.45) is 9.52. The molecule has 1 saturated heterocycles. The maximum Gasteiger partial charge on any atom is 0.253 e. The van der Waals surface area contributed by atoms with E-state index in [1.807, 2.05) is 0 Å². The summed E-state index contributed by atoms with van der Waals surface area (Å²) in [4.78, 5) is 27.4. The number of unbranched alkanes of at least 4 members (excludes halogenated alkanes) is 2. The first kappa shape index (κ1) is 25.7. The lowest BCUT2D eigenvalue weighted by atomic mass is 9.95. The molecule has 0 atom stereocenters. The van der Waals surface area contributed by atoms with Gasteiger partial charge in [0.25, 0.3) is 5.91 Å². The van der Waals surface area contributed by atoms with Crippen molar-refractivity contribution < 1.29 is 18.0 Å². The smallest absolute Gasteiger partial charge is 0.253 e. The van der Waals surface area contributed by atoms with Crippen LogP contribution in [0.2, 0.25) is 0 Å². The second kappa shape index (κ2) is 12.0. The molecule has 2 aliphatic rings. The molecule has 1 N–H and O–H groups in total. The standard InChI is InChI=1S/C25H39N3O4S/c1-3-4-8-16-26-24(29)20-14-17-28(18-15-20)25(30)21-10-9-13-23(19-21)33(31,32)27(2)22-11-6-5-7-12-22/h9-10,13,19-20,22H,3-8,11-12,14-18H2,1-2H3,(H,26,29). The summed E-state index contributed by atoms with van der Waals surface area (Å²) in [5.41, 5.74) is 0.385. The average molecular weight is 478 g/mol.